The Labute approximate surface area is 79.9 Å². The Bertz CT molecular complexity index is 363. The van der Waals surface area contributed by atoms with E-state index >= 15 is 0 Å². The monoisotopic (exact) mass is 195 g/mol. The lowest BCUT2D eigenvalue weighted by Gasteiger charge is -2.00. The summed E-state index contributed by atoms with van der Waals surface area (Å²) < 4.78 is 0. The topological polar surface area (TPSA) is 78.9 Å². The highest BCUT2D eigenvalue weighted by molar-refractivity contribution is 6.31. The number of hydrogen-bond acceptors (Lipinski definition) is 3. The number of halogens is 1. The molecular formula is C8H6ClN3O. The third-order valence-electron chi connectivity index (χ3n) is 1.35. The van der Waals surface area contributed by atoms with E-state index in [0.717, 1.165) is 0 Å². The van der Waals surface area contributed by atoms with Crippen LogP contribution in [0.25, 0.3) is 0 Å². The van der Waals surface area contributed by atoms with Gasteiger partial charge in [-0.25, -0.2) is 0 Å². The van der Waals surface area contributed by atoms with E-state index in [2.05, 4.69) is 0 Å². The summed E-state index contributed by atoms with van der Waals surface area (Å²) in [5.74, 6) is -0.517. The lowest BCUT2D eigenvalue weighted by molar-refractivity contribution is 0.0973. The van der Waals surface area contributed by atoms with Crippen molar-refractivity contribution in [2.75, 3.05) is 5.73 Å². The summed E-state index contributed by atoms with van der Waals surface area (Å²) in [4.78, 5) is 11.1. The van der Waals surface area contributed by atoms with Crippen molar-refractivity contribution >= 4 is 23.2 Å². The van der Waals surface area contributed by atoms with Crippen molar-refractivity contribution in [1.82, 2.24) is 5.32 Å². The first-order valence-electron chi connectivity index (χ1n) is 3.39. The van der Waals surface area contributed by atoms with Crippen LogP contribution in [0.4, 0.5) is 5.69 Å². The lowest BCUT2D eigenvalue weighted by Crippen LogP contribution is -2.17. The van der Waals surface area contributed by atoms with Crippen molar-refractivity contribution in [3.63, 3.8) is 0 Å². The molecule has 0 heterocycles. The number of nitrogens with two attached hydrogens (primary N) is 1. The maximum atomic E-state index is 11.1. The minimum atomic E-state index is -0.517. The predicted molar refractivity (Wildman–Crippen MR) is 48.9 cm³/mol. The van der Waals surface area contributed by atoms with Crippen molar-refractivity contribution < 1.29 is 4.79 Å². The maximum Gasteiger partial charge on any atom is 0.264 e. The van der Waals surface area contributed by atoms with Gasteiger partial charge in [-0.05, 0) is 18.2 Å². The van der Waals surface area contributed by atoms with E-state index < -0.39 is 5.91 Å². The van der Waals surface area contributed by atoms with E-state index in [4.69, 9.17) is 22.6 Å². The first kappa shape index (κ1) is 9.36. The average Bonchev–Trinajstić information content (AvgIpc) is 2.03. The summed E-state index contributed by atoms with van der Waals surface area (Å²) in [7, 11) is 0. The molecule has 0 aliphatic carbocycles. The fraction of sp³-hybridized carbons (Fsp3) is 0. The Morgan fingerprint density at radius 3 is 2.77 bits per heavy atom. The molecule has 0 saturated carbocycles. The molecule has 0 aliphatic heterocycles. The molecule has 1 amide bonds. The zero-order chi connectivity index (χ0) is 9.84. The number of amides is 1. The quantitative estimate of drug-likeness (QED) is 0.401. The molecule has 3 N–H and O–H groups in total. The smallest absolute Gasteiger partial charge is 0.264 e. The number of anilines is 1. The third-order valence-corrected chi connectivity index (χ3v) is 1.57. The average molecular weight is 196 g/mol. The number of nitrogens with one attached hydrogen (secondary N) is 1. The summed E-state index contributed by atoms with van der Waals surface area (Å²) >= 11 is 5.65. The van der Waals surface area contributed by atoms with Crippen LogP contribution in [0.5, 0.6) is 0 Å². The number of benzene rings is 1. The molecule has 66 valence electrons. The van der Waals surface area contributed by atoms with Gasteiger partial charge in [-0.1, -0.05) is 11.6 Å². The number of carbonyl (C=O) groups is 1. The molecule has 0 aliphatic rings. The molecule has 0 atom stereocenters. The first-order valence-corrected chi connectivity index (χ1v) is 3.77. The van der Waals surface area contributed by atoms with Crippen LogP contribution in [0.15, 0.2) is 18.2 Å². The second-order valence-corrected chi connectivity index (χ2v) is 2.78. The van der Waals surface area contributed by atoms with Crippen LogP contribution in [-0.2, 0) is 0 Å². The first-order chi connectivity index (χ1) is 6.13. The lowest BCUT2D eigenvalue weighted by atomic mass is 10.2. The summed E-state index contributed by atoms with van der Waals surface area (Å²) in [5.41, 5.74) is 6.10. The number of carbonyl (C=O) groups excluding carboxylic acids is 1. The van der Waals surface area contributed by atoms with Crippen molar-refractivity contribution in [2.45, 2.75) is 0 Å². The van der Waals surface area contributed by atoms with Gasteiger partial charge in [0, 0.05) is 16.3 Å². The molecular weight excluding hydrogens is 190 g/mol. The maximum absolute atomic E-state index is 11.1. The molecule has 13 heavy (non-hydrogen) atoms. The standard InChI is InChI=1S/C8H6ClN3O/c9-6-1-5(2-7(11)3-6)8(13)12-4-10/h1-3H,11H2,(H,12,13). The predicted octanol–water partition coefficient (Wildman–Crippen LogP) is 1.13. The number of rotatable bonds is 1. The SMILES string of the molecule is N#CNC(=O)c1cc(N)cc(Cl)c1. The van der Waals surface area contributed by atoms with E-state index in [-0.39, 0.29) is 5.56 Å². The molecule has 4 nitrogen and oxygen atoms in total. The van der Waals surface area contributed by atoms with Gasteiger partial charge < -0.3 is 5.73 Å². The molecule has 0 spiro atoms. The van der Waals surface area contributed by atoms with Gasteiger partial charge in [0.15, 0.2) is 6.19 Å². The van der Waals surface area contributed by atoms with E-state index in [1.165, 1.54) is 24.4 Å². The van der Waals surface area contributed by atoms with Gasteiger partial charge in [0.1, 0.15) is 0 Å². The van der Waals surface area contributed by atoms with Gasteiger partial charge in [-0.3, -0.25) is 10.1 Å². The highest BCUT2D eigenvalue weighted by Gasteiger charge is 2.05. The van der Waals surface area contributed by atoms with Gasteiger partial charge in [0.2, 0.25) is 0 Å². The Balaban J connectivity index is 3.02. The van der Waals surface area contributed by atoms with Gasteiger partial charge in [-0.2, -0.15) is 5.26 Å². The molecule has 0 aromatic heterocycles. The molecule has 1 rings (SSSR count). The second-order valence-electron chi connectivity index (χ2n) is 2.34. The number of nitrogens with zero attached hydrogens (tertiary/aromatic N) is 1. The van der Waals surface area contributed by atoms with E-state index in [0.29, 0.717) is 10.7 Å². The molecule has 1 aromatic carbocycles. The largest absolute Gasteiger partial charge is 0.399 e. The van der Waals surface area contributed by atoms with Crippen molar-refractivity contribution in [3.05, 3.63) is 28.8 Å². The van der Waals surface area contributed by atoms with E-state index in [1.54, 1.807) is 0 Å². The molecule has 0 saturated heterocycles. The minimum absolute atomic E-state index is 0.270. The highest BCUT2D eigenvalue weighted by atomic mass is 35.5. The Morgan fingerprint density at radius 1 is 1.54 bits per heavy atom. The fourth-order valence-electron chi connectivity index (χ4n) is 0.866. The van der Waals surface area contributed by atoms with E-state index in [9.17, 15) is 4.79 Å². The van der Waals surface area contributed by atoms with Crippen molar-refractivity contribution in [1.29, 1.82) is 5.26 Å². The van der Waals surface area contributed by atoms with Crippen LogP contribution in [0.3, 0.4) is 0 Å². The summed E-state index contributed by atoms with van der Waals surface area (Å²) in [6.07, 6.45) is 1.52. The van der Waals surface area contributed by atoms with Crippen LogP contribution < -0.4 is 11.1 Å². The number of nitriles is 1. The molecule has 0 unspecified atom stereocenters. The van der Waals surface area contributed by atoms with Gasteiger partial charge in [0.05, 0.1) is 0 Å². The zero-order valence-corrected chi connectivity index (χ0v) is 7.30. The summed E-state index contributed by atoms with van der Waals surface area (Å²) in [6.45, 7) is 0. The number of nitrogen functional groups attached to an aromatic ring is 1. The Kier molecular flexibility index (Phi) is 2.72. The molecule has 0 radical (unpaired) electrons. The van der Waals surface area contributed by atoms with Crippen molar-refractivity contribution in [3.8, 4) is 6.19 Å². The molecule has 5 heteroatoms. The Morgan fingerprint density at radius 2 is 2.23 bits per heavy atom. The zero-order valence-electron chi connectivity index (χ0n) is 6.54. The summed E-state index contributed by atoms with van der Waals surface area (Å²) in [5, 5.41) is 10.5. The normalized spacial score (nSPS) is 8.92. The Hall–Kier alpha value is -1.73. The second kappa shape index (κ2) is 3.78. The minimum Gasteiger partial charge on any atom is -0.399 e. The van der Waals surface area contributed by atoms with Crippen LogP contribution in [0.2, 0.25) is 5.02 Å². The molecule has 0 fully saturated rings. The van der Waals surface area contributed by atoms with Crippen molar-refractivity contribution in [2.24, 2.45) is 0 Å². The van der Waals surface area contributed by atoms with E-state index in [1.807, 2.05) is 5.32 Å². The van der Waals surface area contributed by atoms with Gasteiger partial charge >= 0.3 is 0 Å². The van der Waals surface area contributed by atoms with Crippen LogP contribution in [-0.4, -0.2) is 5.91 Å². The highest BCUT2D eigenvalue weighted by Crippen LogP contribution is 2.16. The fourth-order valence-corrected chi connectivity index (χ4v) is 1.11. The van der Waals surface area contributed by atoms with Crippen LogP contribution in [0.1, 0.15) is 10.4 Å². The van der Waals surface area contributed by atoms with Crippen LogP contribution in [0, 0.1) is 11.5 Å². The van der Waals surface area contributed by atoms with Crippen LogP contribution >= 0.6 is 11.6 Å². The van der Waals surface area contributed by atoms with Gasteiger partial charge in [0.25, 0.3) is 5.91 Å². The third kappa shape index (κ3) is 2.36. The van der Waals surface area contributed by atoms with Gasteiger partial charge in [-0.15, -0.1) is 0 Å². The molecule has 0 bridgehead atoms. The summed E-state index contributed by atoms with van der Waals surface area (Å²) in [6, 6.07) is 4.40. The molecule has 1 aromatic rings. The number of hydrogen-bond donors (Lipinski definition) is 2.